The largest absolute Gasteiger partial charge is 0.506 e. The first kappa shape index (κ1) is 15.9. The van der Waals surface area contributed by atoms with Gasteiger partial charge >= 0.3 is 11.9 Å². The highest BCUT2D eigenvalue weighted by Gasteiger charge is 2.19. The normalized spacial score (nSPS) is 13.7. The molecule has 1 aromatic rings. The molecule has 0 fully saturated rings. The molecule has 0 amide bonds. The maximum absolute atomic E-state index is 10.8. The van der Waals surface area contributed by atoms with Crippen molar-refractivity contribution in [3.05, 3.63) is 23.5 Å². The van der Waals surface area contributed by atoms with Gasteiger partial charge in [-0.3, -0.25) is 14.6 Å². The second-order valence-electron chi connectivity index (χ2n) is 4.43. The Balaban J connectivity index is 2.88. The monoisotopic (exact) mass is 283 g/mol. The van der Waals surface area contributed by atoms with Crippen molar-refractivity contribution < 1.29 is 24.9 Å². The third-order valence-electron chi connectivity index (χ3n) is 2.91. The molecule has 1 rings (SSSR count). The Bertz CT molecular complexity index is 506. The quantitative estimate of drug-likeness (QED) is 0.429. The number of nitrogens with zero attached hydrogens (tertiary/aromatic N) is 1. The Morgan fingerprint density at radius 3 is 2.30 bits per heavy atom. The number of hydrogen-bond acceptors (Lipinski definition) is 6. The molecule has 0 saturated heterocycles. The Hall–Kier alpha value is -2.19. The van der Waals surface area contributed by atoms with Gasteiger partial charge in [-0.2, -0.15) is 0 Å². The summed E-state index contributed by atoms with van der Waals surface area (Å²) >= 11 is 0. The molecule has 0 aliphatic carbocycles. The lowest BCUT2D eigenvalue weighted by Gasteiger charge is -2.14. The van der Waals surface area contributed by atoms with Crippen LogP contribution in [0.15, 0.2) is 12.4 Å². The number of aromatic nitrogens is 1. The van der Waals surface area contributed by atoms with Crippen molar-refractivity contribution in [3.63, 3.8) is 0 Å². The van der Waals surface area contributed by atoms with Crippen molar-refractivity contribution in [2.24, 2.45) is 11.5 Å². The van der Waals surface area contributed by atoms with Crippen LogP contribution in [-0.4, -0.2) is 44.3 Å². The van der Waals surface area contributed by atoms with Gasteiger partial charge in [-0.1, -0.05) is 0 Å². The van der Waals surface area contributed by atoms with E-state index in [0.29, 0.717) is 11.1 Å². The summed E-state index contributed by atoms with van der Waals surface area (Å²) in [6.45, 7) is 0. The van der Waals surface area contributed by atoms with Crippen LogP contribution >= 0.6 is 0 Å². The highest BCUT2D eigenvalue weighted by molar-refractivity contribution is 5.74. The van der Waals surface area contributed by atoms with E-state index in [0.717, 1.165) is 0 Å². The molecular weight excluding hydrogens is 266 g/mol. The van der Waals surface area contributed by atoms with E-state index in [2.05, 4.69) is 4.98 Å². The molecule has 0 spiro atoms. The lowest BCUT2D eigenvalue weighted by Crippen LogP contribution is -2.33. The number of carboxylic acid groups (broad SMARTS) is 2. The summed E-state index contributed by atoms with van der Waals surface area (Å²) in [7, 11) is 0. The average molecular weight is 283 g/mol. The van der Waals surface area contributed by atoms with Crippen LogP contribution < -0.4 is 11.5 Å². The Labute approximate surface area is 115 Å². The van der Waals surface area contributed by atoms with Gasteiger partial charge in [-0.15, -0.1) is 0 Å². The van der Waals surface area contributed by atoms with Crippen LogP contribution in [0, 0.1) is 0 Å². The summed E-state index contributed by atoms with van der Waals surface area (Å²) in [6, 6.07) is -2.19. The first-order chi connectivity index (χ1) is 9.32. The Kier molecular flexibility index (Phi) is 5.42. The van der Waals surface area contributed by atoms with Gasteiger partial charge in [0.25, 0.3) is 0 Å². The van der Waals surface area contributed by atoms with Crippen LogP contribution in [0.2, 0.25) is 0 Å². The van der Waals surface area contributed by atoms with Crippen LogP contribution in [0.5, 0.6) is 5.75 Å². The second-order valence-corrected chi connectivity index (χ2v) is 4.43. The highest BCUT2D eigenvalue weighted by atomic mass is 16.4. The fraction of sp³-hybridized carbons (Fsp3) is 0.417. The smallest absolute Gasteiger partial charge is 0.320 e. The van der Waals surface area contributed by atoms with Gasteiger partial charge in [-0.25, -0.2) is 0 Å². The zero-order valence-corrected chi connectivity index (χ0v) is 10.7. The molecule has 1 heterocycles. The van der Waals surface area contributed by atoms with Crippen LogP contribution in [0.4, 0.5) is 0 Å². The van der Waals surface area contributed by atoms with E-state index >= 15 is 0 Å². The topological polar surface area (TPSA) is 160 Å². The van der Waals surface area contributed by atoms with Crippen molar-refractivity contribution in [1.29, 1.82) is 0 Å². The SMILES string of the molecule is NC(CCc1cncc(O)c1CC(N)C(=O)O)C(=O)O. The van der Waals surface area contributed by atoms with Crippen LogP contribution in [0.25, 0.3) is 0 Å². The van der Waals surface area contributed by atoms with E-state index in [9.17, 15) is 14.7 Å². The summed E-state index contributed by atoms with van der Waals surface area (Å²) in [6.07, 6.45) is 2.97. The summed E-state index contributed by atoms with van der Waals surface area (Å²) in [5.41, 5.74) is 11.7. The van der Waals surface area contributed by atoms with E-state index in [1.807, 2.05) is 0 Å². The van der Waals surface area contributed by atoms with E-state index < -0.39 is 24.0 Å². The molecule has 0 aliphatic heterocycles. The minimum Gasteiger partial charge on any atom is -0.506 e. The maximum atomic E-state index is 10.8. The molecule has 0 bridgehead atoms. The summed E-state index contributed by atoms with van der Waals surface area (Å²) in [5.74, 6) is -2.47. The average Bonchev–Trinajstić information content (AvgIpc) is 2.38. The predicted molar refractivity (Wildman–Crippen MR) is 69.1 cm³/mol. The van der Waals surface area contributed by atoms with Crippen molar-refractivity contribution in [1.82, 2.24) is 4.98 Å². The molecule has 8 nitrogen and oxygen atoms in total. The molecule has 0 saturated carbocycles. The maximum Gasteiger partial charge on any atom is 0.320 e. The van der Waals surface area contributed by atoms with Crippen LogP contribution in [0.1, 0.15) is 17.5 Å². The molecule has 2 unspecified atom stereocenters. The molecule has 0 aliphatic rings. The molecule has 8 heteroatoms. The zero-order valence-electron chi connectivity index (χ0n) is 10.7. The number of nitrogens with two attached hydrogens (primary N) is 2. The number of hydrogen-bond donors (Lipinski definition) is 5. The molecule has 2 atom stereocenters. The molecule has 0 radical (unpaired) electrons. The molecule has 7 N–H and O–H groups in total. The first-order valence-electron chi connectivity index (χ1n) is 5.94. The third-order valence-corrected chi connectivity index (χ3v) is 2.91. The third kappa shape index (κ3) is 4.18. The standard InChI is InChI=1S/C12H17N3O5/c13-8(11(17)18)2-1-6-4-15-5-10(16)7(6)3-9(14)12(19)20/h4-5,8-9,16H,1-3,13-14H2,(H,17,18)(H,19,20). The van der Waals surface area contributed by atoms with Crippen molar-refractivity contribution >= 4 is 11.9 Å². The van der Waals surface area contributed by atoms with Crippen LogP contribution in [-0.2, 0) is 22.4 Å². The van der Waals surface area contributed by atoms with Crippen molar-refractivity contribution in [2.75, 3.05) is 0 Å². The number of pyridine rings is 1. The molecule has 0 aromatic carbocycles. The summed E-state index contributed by atoms with van der Waals surface area (Å²) < 4.78 is 0. The predicted octanol–water partition coefficient (Wildman–Crippen LogP) is -0.914. The first-order valence-corrected chi connectivity index (χ1v) is 5.94. The van der Waals surface area contributed by atoms with Crippen LogP contribution in [0.3, 0.4) is 0 Å². The lowest BCUT2D eigenvalue weighted by molar-refractivity contribution is -0.139. The van der Waals surface area contributed by atoms with Gasteiger partial charge in [0.1, 0.15) is 17.8 Å². The Morgan fingerprint density at radius 1 is 1.15 bits per heavy atom. The molecule has 1 aromatic heterocycles. The van der Waals surface area contributed by atoms with Gasteiger partial charge in [0.05, 0.1) is 6.20 Å². The van der Waals surface area contributed by atoms with Gasteiger partial charge in [0.2, 0.25) is 0 Å². The number of aromatic hydroxyl groups is 1. The molecule has 110 valence electrons. The Morgan fingerprint density at radius 2 is 1.75 bits per heavy atom. The zero-order chi connectivity index (χ0) is 15.3. The number of rotatable bonds is 7. The van der Waals surface area contributed by atoms with E-state index in [-0.39, 0.29) is 25.0 Å². The molecular formula is C12H17N3O5. The van der Waals surface area contributed by atoms with Crippen molar-refractivity contribution in [2.45, 2.75) is 31.3 Å². The highest BCUT2D eigenvalue weighted by Crippen LogP contribution is 2.22. The number of aryl methyl sites for hydroxylation is 1. The summed E-state index contributed by atoms with van der Waals surface area (Å²) in [4.78, 5) is 25.2. The number of carboxylic acids is 2. The van der Waals surface area contributed by atoms with E-state index in [1.54, 1.807) is 0 Å². The number of aliphatic carboxylic acids is 2. The summed E-state index contributed by atoms with van der Waals surface area (Å²) in [5, 5.41) is 27.2. The van der Waals surface area contributed by atoms with Gasteiger partial charge < -0.3 is 26.8 Å². The van der Waals surface area contributed by atoms with Gasteiger partial charge in [0, 0.05) is 18.2 Å². The second kappa shape index (κ2) is 6.83. The fourth-order valence-corrected chi connectivity index (χ4v) is 1.71. The minimum absolute atomic E-state index is 0.0681. The number of carbonyl (C=O) groups is 2. The molecule has 20 heavy (non-hydrogen) atoms. The van der Waals surface area contributed by atoms with Crippen molar-refractivity contribution in [3.8, 4) is 5.75 Å². The van der Waals surface area contributed by atoms with Gasteiger partial charge in [0.15, 0.2) is 0 Å². The fourth-order valence-electron chi connectivity index (χ4n) is 1.71. The van der Waals surface area contributed by atoms with E-state index in [4.69, 9.17) is 21.7 Å². The lowest BCUT2D eigenvalue weighted by atomic mass is 9.97. The minimum atomic E-state index is -1.19. The van der Waals surface area contributed by atoms with Gasteiger partial charge in [-0.05, 0) is 18.4 Å². The van der Waals surface area contributed by atoms with E-state index in [1.165, 1.54) is 12.4 Å².